The van der Waals surface area contributed by atoms with Gasteiger partial charge in [0.05, 0.1) is 0 Å². The second-order valence-corrected chi connectivity index (χ2v) is 12.7. The quantitative estimate of drug-likeness (QED) is 0.377. The van der Waals surface area contributed by atoms with Crippen LogP contribution >= 0.6 is 31.3 Å². The normalized spacial score (nSPS) is 19.2. The molecule has 0 N–H and O–H groups in total. The fourth-order valence-corrected chi connectivity index (χ4v) is 8.33. The predicted octanol–water partition coefficient (Wildman–Crippen LogP) is 5.44. The Balaban J connectivity index is 0.00000267. The molecule has 2 aromatic carbocycles. The third-order valence-corrected chi connectivity index (χ3v) is 10.1. The van der Waals surface area contributed by atoms with Gasteiger partial charge in [-0.1, -0.05) is 59.9 Å². The molecule has 2 aliphatic heterocycles. The molecule has 0 saturated carbocycles. The zero-order valence-corrected chi connectivity index (χ0v) is 24.9. The summed E-state index contributed by atoms with van der Waals surface area (Å²) in [6.45, 7) is 0. The van der Waals surface area contributed by atoms with Gasteiger partial charge in [-0.3, -0.25) is 0 Å². The Morgan fingerprint density at radius 2 is 1.08 bits per heavy atom. The molecule has 180 valence electrons. The molecule has 8 heteroatoms. The summed E-state index contributed by atoms with van der Waals surface area (Å²) >= 11 is 3.46. The van der Waals surface area contributed by atoms with Crippen LogP contribution in [0.4, 0.5) is 0 Å². The third-order valence-electron chi connectivity index (χ3n) is 6.73. The molecule has 2 heterocycles. The van der Waals surface area contributed by atoms with Crippen LogP contribution in [0.5, 0.6) is 0 Å². The summed E-state index contributed by atoms with van der Waals surface area (Å²) in [5.41, 5.74) is 3.92. The minimum atomic E-state index is -4.69. The fraction of sp³-hybridized carbons (Fsp3) is 0.286. The maximum Gasteiger partial charge on any atom is 1.00 e. The second-order valence-electron chi connectivity index (χ2n) is 9.14. The Hall–Kier alpha value is -1.11. The standard InChI is InChI=1S/C28H27O4PS2.Na/c29-33(30,31-23-17-19-9-1-5-13-25(19)34-27-15-7-3-11-21(23)27)32-24-18-20-10-2-6-14-26(20)35-28-16-8-4-12-22(24)28;/h1-2,5-6,9-10,13-14,17-18H,3-4,7-8,11-12,15-16H2,(H,29,30);/q;+1/p-1. The van der Waals surface area contributed by atoms with Crippen molar-refractivity contribution in [3.8, 4) is 0 Å². The van der Waals surface area contributed by atoms with Crippen molar-refractivity contribution in [2.24, 2.45) is 0 Å². The Morgan fingerprint density at radius 1 is 0.667 bits per heavy atom. The van der Waals surface area contributed by atoms with Crippen LogP contribution < -0.4 is 34.5 Å². The minimum absolute atomic E-state index is 0. The second kappa shape index (κ2) is 11.3. The van der Waals surface area contributed by atoms with Gasteiger partial charge in [-0.2, -0.15) is 0 Å². The van der Waals surface area contributed by atoms with Crippen LogP contribution in [-0.2, 0) is 13.6 Å². The van der Waals surface area contributed by atoms with Crippen molar-refractivity contribution in [3.05, 3.63) is 92.1 Å². The molecule has 0 spiro atoms. The SMILES string of the molecule is O=P([O-])(OC1=Cc2ccccc2SC2=C1CCCC2)OC1=Cc2ccccc2SC2=C1CCCC2.[Na+]. The van der Waals surface area contributed by atoms with Gasteiger partial charge in [0.15, 0.2) is 0 Å². The van der Waals surface area contributed by atoms with E-state index in [-0.39, 0.29) is 29.6 Å². The van der Waals surface area contributed by atoms with E-state index < -0.39 is 7.82 Å². The molecule has 0 unspecified atom stereocenters. The number of phosphoric ester groups is 1. The maximum absolute atomic E-state index is 13.4. The Labute approximate surface area is 243 Å². The van der Waals surface area contributed by atoms with Crippen molar-refractivity contribution in [2.75, 3.05) is 0 Å². The third kappa shape index (κ3) is 5.66. The monoisotopic (exact) mass is 544 g/mol. The Bertz CT molecular complexity index is 1260. The zero-order valence-electron chi connectivity index (χ0n) is 20.3. The molecule has 0 atom stereocenters. The van der Waals surface area contributed by atoms with Gasteiger partial charge in [0.1, 0.15) is 11.5 Å². The molecule has 6 rings (SSSR count). The number of thioether (sulfide) groups is 2. The summed E-state index contributed by atoms with van der Waals surface area (Å²) in [6, 6.07) is 16.1. The van der Waals surface area contributed by atoms with Crippen molar-refractivity contribution in [1.82, 2.24) is 0 Å². The summed E-state index contributed by atoms with van der Waals surface area (Å²) in [7, 11) is -4.69. The summed E-state index contributed by atoms with van der Waals surface area (Å²) in [5, 5.41) is 0. The predicted molar refractivity (Wildman–Crippen MR) is 141 cm³/mol. The van der Waals surface area contributed by atoms with Crippen molar-refractivity contribution in [2.45, 2.75) is 61.2 Å². The Kier molecular flexibility index (Phi) is 8.34. The van der Waals surface area contributed by atoms with E-state index in [2.05, 4.69) is 12.1 Å². The minimum Gasteiger partial charge on any atom is -0.736 e. The van der Waals surface area contributed by atoms with Crippen LogP contribution in [0, 0.1) is 0 Å². The van der Waals surface area contributed by atoms with Gasteiger partial charge in [-0.15, -0.1) is 0 Å². The van der Waals surface area contributed by atoms with E-state index in [9.17, 15) is 9.46 Å². The van der Waals surface area contributed by atoms with Gasteiger partial charge >= 0.3 is 37.4 Å². The summed E-state index contributed by atoms with van der Waals surface area (Å²) in [6.07, 6.45) is 11.5. The molecule has 0 radical (unpaired) electrons. The van der Waals surface area contributed by atoms with Crippen molar-refractivity contribution in [3.63, 3.8) is 0 Å². The number of benzene rings is 2. The number of allylic oxidation sites excluding steroid dienone is 4. The molecular formula is C28H26NaO4PS2. The zero-order chi connectivity index (χ0) is 23.8. The molecule has 4 nitrogen and oxygen atoms in total. The van der Waals surface area contributed by atoms with E-state index in [1.165, 1.54) is 9.81 Å². The molecular weight excluding hydrogens is 518 g/mol. The first-order valence-corrected chi connectivity index (χ1v) is 15.3. The van der Waals surface area contributed by atoms with Crippen molar-refractivity contribution >= 4 is 43.5 Å². The molecule has 0 saturated heterocycles. The summed E-state index contributed by atoms with van der Waals surface area (Å²) in [4.78, 5) is 18.1. The first kappa shape index (κ1) is 26.5. The van der Waals surface area contributed by atoms with Crippen LogP contribution in [0.1, 0.15) is 62.5 Å². The average Bonchev–Trinajstić information content (AvgIpc) is 3.11. The number of fused-ring (bicyclic) bond motifs is 2. The molecule has 2 aliphatic carbocycles. The first-order valence-electron chi connectivity index (χ1n) is 12.2. The van der Waals surface area contributed by atoms with E-state index in [0.29, 0.717) is 11.5 Å². The first-order chi connectivity index (χ1) is 17.1. The van der Waals surface area contributed by atoms with Crippen LogP contribution in [0.2, 0.25) is 0 Å². The molecule has 2 aromatic rings. The summed E-state index contributed by atoms with van der Waals surface area (Å²) in [5.74, 6) is 0.801. The van der Waals surface area contributed by atoms with Gasteiger partial charge in [-0.05, 0) is 96.6 Å². The molecule has 0 amide bonds. The van der Waals surface area contributed by atoms with Crippen molar-refractivity contribution in [1.29, 1.82) is 0 Å². The molecule has 36 heavy (non-hydrogen) atoms. The summed E-state index contributed by atoms with van der Waals surface area (Å²) < 4.78 is 25.0. The van der Waals surface area contributed by atoms with E-state index in [1.54, 1.807) is 23.5 Å². The number of rotatable bonds is 4. The number of hydrogen-bond donors (Lipinski definition) is 0. The van der Waals surface area contributed by atoms with Crippen LogP contribution in [0.25, 0.3) is 12.2 Å². The molecule has 0 bridgehead atoms. The molecule has 0 aromatic heterocycles. The van der Waals surface area contributed by atoms with Crippen LogP contribution in [0.3, 0.4) is 0 Å². The molecule has 0 fully saturated rings. The maximum atomic E-state index is 13.4. The van der Waals surface area contributed by atoms with Crippen molar-refractivity contribution < 1.29 is 48.1 Å². The van der Waals surface area contributed by atoms with E-state index in [4.69, 9.17) is 9.05 Å². The number of hydrogen-bond acceptors (Lipinski definition) is 6. The van der Waals surface area contributed by atoms with Gasteiger partial charge < -0.3 is 13.9 Å². The topological polar surface area (TPSA) is 58.6 Å². The number of phosphoric acid groups is 1. The molecule has 4 aliphatic rings. The van der Waals surface area contributed by atoms with E-state index >= 15 is 0 Å². The van der Waals surface area contributed by atoms with Gasteiger partial charge in [0.2, 0.25) is 0 Å². The van der Waals surface area contributed by atoms with Gasteiger partial charge in [0.25, 0.3) is 0 Å². The average molecular weight is 545 g/mol. The Morgan fingerprint density at radius 3 is 1.56 bits per heavy atom. The fourth-order valence-electron chi connectivity index (χ4n) is 5.03. The van der Waals surface area contributed by atoms with E-state index in [0.717, 1.165) is 83.4 Å². The van der Waals surface area contributed by atoms with E-state index in [1.807, 2.05) is 48.6 Å². The van der Waals surface area contributed by atoms with Crippen LogP contribution in [-0.4, -0.2) is 0 Å². The smallest absolute Gasteiger partial charge is 0.736 e. The van der Waals surface area contributed by atoms with Gasteiger partial charge in [0, 0.05) is 20.9 Å². The van der Waals surface area contributed by atoms with Crippen LogP contribution in [0.15, 0.2) is 90.8 Å². The largest absolute Gasteiger partial charge is 1.00 e. The van der Waals surface area contributed by atoms with Gasteiger partial charge in [-0.25, -0.2) is 4.57 Å².